The molecule has 0 aliphatic heterocycles. The number of hydrogen-bond acceptors (Lipinski definition) is 2. The first-order valence-corrected chi connectivity index (χ1v) is 9.17. The van der Waals surface area contributed by atoms with Crippen LogP contribution in [0.5, 0.6) is 0 Å². The van der Waals surface area contributed by atoms with Crippen LogP contribution in [0.1, 0.15) is 40.3 Å². The van der Waals surface area contributed by atoms with Crippen LogP contribution in [-0.4, -0.2) is 6.54 Å². The fourth-order valence-electron chi connectivity index (χ4n) is 2.37. The van der Waals surface area contributed by atoms with Crippen LogP contribution in [0.3, 0.4) is 0 Å². The maximum Gasteiger partial charge on any atom is 0.0588 e. The lowest BCUT2D eigenvalue weighted by Gasteiger charge is -2.20. The lowest BCUT2D eigenvalue weighted by molar-refractivity contribution is 0.597. The van der Waals surface area contributed by atoms with Crippen molar-refractivity contribution in [2.75, 3.05) is 6.54 Å². The average Bonchev–Trinajstić information content (AvgIpc) is 2.68. The van der Waals surface area contributed by atoms with E-state index in [2.05, 4.69) is 82.2 Å². The van der Waals surface area contributed by atoms with Gasteiger partial charge in [-0.3, -0.25) is 0 Å². The standard InChI is InChI=1S/C16H19Br2NS/c1-4-5-19-16(15-6-10(2)20-11(15)3)12-7-13(17)9-14(18)8-12/h6-9,16,19H,4-5H2,1-3H3. The summed E-state index contributed by atoms with van der Waals surface area (Å²) < 4.78 is 2.21. The lowest BCUT2D eigenvalue weighted by atomic mass is 9.99. The number of aryl methyl sites for hydroxylation is 2. The molecule has 0 bridgehead atoms. The molecule has 0 fully saturated rings. The Morgan fingerprint density at radius 1 is 1.10 bits per heavy atom. The summed E-state index contributed by atoms with van der Waals surface area (Å²) in [5.41, 5.74) is 2.69. The molecule has 0 amide bonds. The van der Waals surface area contributed by atoms with Crippen LogP contribution in [0, 0.1) is 13.8 Å². The van der Waals surface area contributed by atoms with Gasteiger partial charge in [0.2, 0.25) is 0 Å². The molecule has 0 aliphatic rings. The summed E-state index contributed by atoms with van der Waals surface area (Å²) in [6, 6.07) is 9.04. The van der Waals surface area contributed by atoms with Gasteiger partial charge in [-0.15, -0.1) is 11.3 Å². The predicted octanol–water partition coefficient (Wildman–Crippen LogP) is 5.98. The fraction of sp³-hybridized carbons (Fsp3) is 0.375. The second kappa shape index (κ2) is 7.21. The smallest absolute Gasteiger partial charge is 0.0588 e. The molecule has 2 rings (SSSR count). The van der Waals surface area contributed by atoms with Crippen molar-refractivity contribution in [1.82, 2.24) is 5.32 Å². The van der Waals surface area contributed by atoms with E-state index < -0.39 is 0 Å². The van der Waals surface area contributed by atoms with Crippen molar-refractivity contribution in [3.8, 4) is 0 Å². The van der Waals surface area contributed by atoms with E-state index in [9.17, 15) is 0 Å². The molecule has 0 radical (unpaired) electrons. The first-order chi connectivity index (χ1) is 9.51. The summed E-state index contributed by atoms with van der Waals surface area (Å²) in [6.07, 6.45) is 1.13. The molecule has 20 heavy (non-hydrogen) atoms. The van der Waals surface area contributed by atoms with E-state index in [4.69, 9.17) is 0 Å². The van der Waals surface area contributed by atoms with Crippen molar-refractivity contribution in [3.63, 3.8) is 0 Å². The number of nitrogens with one attached hydrogen (secondary N) is 1. The second-order valence-corrected chi connectivity index (χ2v) is 8.25. The zero-order valence-corrected chi connectivity index (χ0v) is 16.0. The van der Waals surface area contributed by atoms with Gasteiger partial charge in [0, 0.05) is 18.7 Å². The van der Waals surface area contributed by atoms with Crippen molar-refractivity contribution in [3.05, 3.63) is 54.1 Å². The Balaban J connectivity index is 2.43. The average molecular weight is 417 g/mol. The van der Waals surface area contributed by atoms with Gasteiger partial charge in [0.25, 0.3) is 0 Å². The van der Waals surface area contributed by atoms with Gasteiger partial charge in [0.1, 0.15) is 0 Å². The molecule has 1 nitrogen and oxygen atoms in total. The number of rotatable bonds is 5. The summed E-state index contributed by atoms with van der Waals surface area (Å²) in [5.74, 6) is 0. The molecule has 1 atom stereocenters. The van der Waals surface area contributed by atoms with Gasteiger partial charge in [-0.2, -0.15) is 0 Å². The van der Waals surface area contributed by atoms with Crippen molar-refractivity contribution in [2.45, 2.75) is 33.2 Å². The maximum absolute atomic E-state index is 3.68. The van der Waals surface area contributed by atoms with Crippen LogP contribution >= 0.6 is 43.2 Å². The molecule has 2 aromatic rings. The molecule has 0 saturated carbocycles. The van der Waals surface area contributed by atoms with Gasteiger partial charge in [-0.25, -0.2) is 0 Å². The third-order valence-electron chi connectivity index (χ3n) is 3.21. The van der Waals surface area contributed by atoms with Gasteiger partial charge in [-0.1, -0.05) is 38.8 Å². The van der Waals surface area contributed by atoms with Crippen LogP contribution in [0.25, 0.3) is 0 Å². The highest BCUT2D eigenvalue weighted by atomic mass is 79.9. The minimum atomic E-state index is 0.258. The maximum atomic E-state index is 3.68. The Labute approximate surface area is 142 Å². The fourth-order valence-corrected chi connectivity index (χ4v) is 4.67. The quantitative estimate of drug-likeness (QED) is 0.632. The molecule has 0 spiro atoms. The SMILES string of the molecule is CCCNC(c1cc(Br)cc(Br)c1)c1cc(C)sc1C. The van der Waals surface area contributed by atoms with E-state index in [1.807, 2.05) is 11.3 Å². The van der Waals surface area contributed by atoms with Crippen LogP contribution in [0.2, 0.25) is 0 Å². The van der Waals surface area contributed by atoms with Gasteiger partial charge in [0.05, 0.1) is 6.04 Å². The largest absolute Gasteiger partial charge is 0.306 e. The number of hydrogen-bond donors (Lipinski definition) is 1. The van der Waals surface area contributed by atoms with Gasteiger partial charge < -0.3 is 5.32 Å². The topological polar surface area (TPSA) is 12.0 Å². The summed E-state index contributed by atoms with van der Waals surface area (Å²) in [7, 11) is 0. The Morgan fingerprint density at radius 2 is 1.75 bits per heavy atom. The molecule has 4 heteroatoms. The van der Waals surface area contributed by atoms with Gasteiger partial charge in [-0.05, 0) is 62.2 Å². The molecule has 1 unspecified atom stereocenters. The van der Waals surface area contributed by atoms with E-state index in [1.54, 1.807) is 0 Å². The summed E-state index contributed by atoms with van der Waals surface area (Å²) in [5, 5.41) is 3.68. The lowest BCUT2D eigenvalue weighted by Crippen LogP contribution is -2.23. The van der Waals surface area contributed by atoms with Gasteiger partial charge >= 0.3 is 0 Å². The number of halogens is 2. The highest BCUT2D eigenvalue weighted by molar-refractivity contribution is 9.11. The summed E-state index contributed by atoms with van der Waals surface area (Å²) in [6.45, 7) is 7.60. The molecule has 1 heterocycles. The third-order valence-corrected chi connectivity index (χ3v) is 5.10. The second-order valence-electron chi connectivity index (χ2n) is 4.96. The monoisotopic (exact) mass is 415 g/mol. The van der Waals surface area contributed by atoms with E-state index in [0.29, 0.717) is 0 Å². The normalized spacial score (nSPS) is 12.7. The van der Waals surface area contributed by atoms with Crippen LogP contribution < -0.4 is 5.32 Å². The molecule has 0 saturated heterocycles. The van der Waals surface area contributed by atoms with Gasteiger partial charge in [0.15, 0.2) is 0 Å². The zero-order valence-electron chi connectivity index (χ0n) is 12.0. The van der Waals surface area contributed by atoms with Crippen molar-refractivity contribution >= 4 is 43.2 Å². The number of thiophene rings is 1. The van der Waals surface area contributed by atoms with Crippen molar-refractivity contribution < 1.29 is 0 Å². The van der Waals surface area contributed by atoms with E-state index in [-0.39, 0.29) is 6.04 Å². The Kier molecular flexibility index (Phi) is 5.84. The van der Waals surface area contributed by atoms with Crippen LogP contribution in [0.4, 0.5) is 0 Å². The molecular weight excluding hydrogens is 398 g/mol. The van der Waals surface area contributed by atoms with E-state index >= 15 is 0 Å². The Bertz CT molecular complexity index is 572. The van der Waals surface area contributed by atoms with Crippen LogP contribution in [0.15, 0.2) is 33.2 Å². The first kappa shape index (κ1) is 16.2. The molecular formula is C16H19Br2NS. The van der Waals surface area contributed by atoms with Crippen molar-refractivity contribution in [2.24, 2.45) is 0 Å². The van der Waals surface area contributed by atoms with Crippen molar-refractivity contribution in [1.29, 1.82) is 0 Å². The zero-order chi connectivity index (χ0) is 14.7. The third kappa shape index (κ3) is 3.94. The molecule has 0 aliphatic carbocycles. The van der Waals surface area contributed by atoms with E-state index in [0.717, 1.165) is 21.9 Å². The summed E-state index contributed by atoms with van der Waals surface area (Å²) >= 11 is 9.05. The highest BCUT2D eigenvalue weighted by Gasteiger charge is 2.18. The highest BCUT2D eigenvalue weighted by Crippen LogP contribution is 2.33. The molecule has 1 aromatic heterocycles. The summed E-state index contributed by atoms with van der Waals surface area (Å²) in [4.78, 5) is 2.77. The Morgan fingerprint density at radius 3 is 2.25 bits per heavy atom. The molecule has 1 N–H and O–H groups in total. The predicted molar refractivity (Wildman–Crippen MR) is 95.8 cm³/mol. The Hall–Kier alpha value is -0.160. The van der Waals surface area contributed by atoms with E-state index in [1.165, 1.54) is 20.9 Å². The molecule has 1 aromatic carbocycles. The molecule has 108 valence electrons. The minimum Gasteiger partial charge on any atom is -0.306 e. The first-order valence-electron chi connectivity index (χ1n) is 6.77. The van der Waals surface area contributed by atoms with Crippen LogP contribution in [-0.2, 0) is 0 Å². The minimum absolute atomic E-state index is 0.258. The number of benzene rings is 1.